The van der Waals surface area contributed by atoms with Crippen LogP contribution in [0.3, 0.4) is 0 Å². The maximum absolute atomic E-state index is 13.6. The Morgan fingerprint density at radius 3 is 2.62 bits per heavy atom. The lowest BCUT2D eigenvalue weighted by molar-refractivity contribution is -0.123. The summed E-state index contributed by atoms with van der Waals surface area (Å²) in [4.78, 5) is 12.6. The lowest BCUT2D eigenvalue weighted by Gasteiger charge is -2.10. The molecule has 9 heteroatoms. The number of carbonyl (C=O) groups excluding carboxylic acids is 1. The average Bonchev–Trinajstić information content (AvgIpc) is 2.78. The predicted molar refractivity (Wildman–Crippen MR) is 91.6 cm³/mol. The SMILES string of the molecule is [2H]C1(c2cc(F)cc(Cl)c2)OC(N)=C(OS(=O)(=O)Cc2ccccc2)C1=O. The molecule has 0 bridgehead atoms. The van der Waals surface area contributed by atoms with E-state index in [1.165, 1.54) is 0 Å². The fourth-order valence-electron chi connectivity index (χ4n) is 2.31. The monoisotopic (exact) mass is 398 g/mol. The minimum Gasteiger partial charge on any atom is -0.460 e. The predicted octanol–water partition coefficient (Wildman–Crippen LogP) is 2.79. The van der Waals surface area contributed by atoms with Gasteiger partial charge < -0.3 is 14.7 Å². The van der Waals surface area contributed by atoms with E-state index < -0.39 is 45.2 Å². The maximum Gasteiger partial charge on any atom is 0.313 e. The normalized spacial score (nSPS) is 20.7. The second-order valence-corrected chi connectivity index (χ2v) is 7.39. The molecule has 0 amide bonds. The molecule has 2 N–H and O–H groups in total. The highest BCUT2D eigenvalue weighted by atomic mass is 35.5. The third kappa shape index (κ3) is 3.97. The van der Waals surface area contributed by atoms with Crippen molar-refractivity contribution in [2.75, 3.05) is 0 Å². The van der Waals surface area contributed by atoms with E-state index in [1.54, 1.807) is 30.3 Å². The van der Waals surface area contributed by atoms with Crippen LogP contribution in [0.25, 0.3) is 0 Å². The number of ketones is 1. The van der Waals surface area contributed by atoms with Crippen molar-refractivity contribution in [3.63, 3.8) is 0 Å². The number of ether oxygens (including phenoxy) is 1. The van der Waals surface area contributed by atoms with E-state index in [-0.39, 0.29) is 10.6 Å². The smallest absolute Gasteiger partial charge is 0.313 e. The second-order valence-electron chi connectivity index (χ2n) is 5.38. The molecule has 2 aromatic rings. The Morgan fingerprint density at radius 2 is 1.96 bits per heavy atom. The minimum atomic E-state index is -4.25. The summed E-state index contributed by atoms with van der Waals surface area (Å²) in [7, 11) is -4.25. The van der Waals surface area contributed by atoms with Crippen LogP contribution < -0.4 is 5.73 Å². The molecule has 1 aliphatic rings. The van der Waals surface area contributed by atoms with Crippen LogP contribution in [-0.4, -0.2) is 14.2 Å². The van der Waals surface area contributed by atoms with Gasteiger partial charge in [-0.15, -0.1) is 0 Å². The summed E-state index contributed by atoms with van der Waals surface area (Å²) in [5, 5.41) is -0.0716. The Morgan fingerprint density at radius 1 is 1.27 bits per heavy atom. The van der Waals surface area contributed by atoms with Gasteiger partial charge in [0.2, 0.25) is 17.4 Å². The molecule has 0 aliphatic carbocycles. The van der Waals surface area contributed by atoms with E-state index in [2.05, 4.69) is 0 Å². The summed E-state index contributed by atoms with van der Waals surface area (Å²) in [6.07, 6.45) is -2.51. The summed E-state index contributed by atoms with van der Waals surface area (Å²) in [6.45, 7) is 0. The molecule has 3 rings (SSSR count). The summed E-state index contributed by atoms with van der Waals surface area (Å²) in [5.41, 5.74) is 5.74. The number of carbonyl (C=O) groups is 1. The standard InChI is InChI=1S/C17H13ClFNO5S/c18-12-6-11(7-13(19)8-12)15-14(21)16(17(20)24-15)25-26(22,23)9-10-4-2-1-3-5-10/h1-8,15H,9,20H2/i15D. The van der Waals surface area contributed by atoms with Crippen molar-refractivity contribution >= 4 is 27.5 Å². The van der Waals surface area contributed by atoms with Gasteiger partial charge >= 0.3 is 10.1 Å². The number of hydrogen-bond acceptors (Lipinski definition) is 6. The van der Waals surface area contributed by atoms with Crippen LogP contribution in [0.15, 0.2) is 60.2 Å². The summed E-state index contributed by atoms with van der Waals surface area (Å²) in [6, 6.07) is 11.1. The van der Waals surface area contributed by atoms with Crippen molar-refractivity contribution in [3.8, 4) is 0 Å². The lowest BCUT2D eigenvalue weighted by Crippen LogP contribution is -2.16. The van der Waals surface area contributed by atoms with Crippen molar-refractivity contribution in [2.24, 2.45) is 5.73 Å². The molecule has 0 radical (unpaired) electrons. The van der Waals surface area contributed by atoms with Crippen molar-refractivity contribution in [3.05, 3.63) is 82.1 Å². The second kappa shape index (κ2) is 6.97. The van der Waals surface area contributed by atoms with Gasteiger partial charge in [0.25, 0.3) is 0 Å². The number of halogens is 2. The Labute approximate surface area is 155 Å². The highest BCUT2D eigenvalue weighted by Gasteiger charge is 2.39. The number of nitrogens with two attached hydrogens (primary N) is 1. The van der Waals surface area contributed by atoms with E-state index in [0.717, 1.165) is 18.2 Å². The molecule has 0 spiro atoms. The largest absolute Gasteiger partial charge is 0.460 e. The number of benzene rings is 2. The first kappa shape index (κ1) is 16.9. The van der Waals surface area contributed by atoms with Gasteiger partial charge in [-0.25, -0.2) is 4.39 Å². The van der Waals surface area contributed by atoms with Crippen molar-refractivity contribution in [2.45, 2.75) is 11.8 Å². The molecule has 26 heavy (non-hydrogen) atoms. The van der Waals surface area contributed by atoms with Crippen LogP contribution in [0.4, 0.5) is 4.39 Å². The van der Waals surface area contributed by atoms with E-state index in [4.69, 9.17) is 27.6 Å². The molecule has 1 heterocycles. The molecule has 0 fully saturated rings. The van der Waals surface area contributed by atoms with Crippen LogP contribution in [0.2, 0.25) is 5.02 Å². The molecule has 1 aliphatic heterocycles. The van der Waals surface area contributed by atoms with Gasteiger partial charge in [-0.1, -0.05) is 41.9 Å². The molecule has 1 unspecified atom stereocenters. The van der Waals surface area contributed by atoms with Gasteiger partial charge in [0.1, 0.15) is 11.6 Å². The molecule has 136 valence electrons. The topological polar surface area (TPSA) is 95.7 Å². The average molecular weight is 399 g/mol. The van der Waals surface area contributed by atoms with E-state index >= 15 is 0 Å². The third-order valence-electron chi connectivity index (χ3n) is 3.37. The first-order valence-electron chi connectivity index (χ1n) is 7.77. The third-order valence-corrected chi connectivity index (χ3v) is 4.70. The zero-order valence-corrected chi connectivity index (χ0v) is 14.7. The molecule has 2 aromatic carbocycles. The fraction of sp³-hybridized carbons (Fsp3) is 0.118. The Bertz CT molecular complexity index is 1020. The molecule has 1 atom stereocenters. The number of hydrogen-bond donors (Lipinski definition) is 1. The highest BCUT2D eigenvalue weighted by Crippen LogP contribution is 2.34. The van der Waals surface area contributed by atoms with Crippen LogP contribution >= 0.6 is 11.6 Å². The van der Waals surface area contributed by atoms with Gasteiger partial charge in [-0.2, -0.15) is 8.42 Å². The maximum atomic E-state index is 13.6. The van der Waals surface area contributed by atoms with Gasteiger partial charge in [-0.3, -0.25) is 4.79 Å². The zero-order valence-electron chi connectivity index (χ0n) is 14.1. The molecule has 0 saturated heterocycles. The minimum absolute atomic E-state index is 0.0716. The summed E-state index contributed by atoms with van der Waals surface area (Å²) < 4.78 is 56.1. The summed E-state index contributed by atoms with van der Waals surface area (Å²) in [5.74, 6) is -4.02. The van der Waals surface area contributed by atoms with Gasteiger partial charge in [0.05, 0.1) is 1.37 Å². The van der Waals surface area contributed by atoms with Gasteiger partial charge in [-0.05, 0) is 23.8 Å². The Kier molecular flexibility index (Phi) is 4.52. The van der Waals surface area contributed by atoms with E-state index in [1.807, 2.05) is 0 Å². The highest BCUT2D eigenvalue weighted by molar-refractivity contribution is 7.86. The lowest BCUT2D eigenvalue weighted by atomic mass is 10.1. The quantitative estimate of drug-likeness (QED) is 0.778. The summed E-state index contributed by atoms with van der Waals surface area (Å²) >= 11 is 5.75. The Balaban J connectivity index is 1.87. The molecule has 0 aromatic heterocycles. The van der Waals surface area contributed by atoms with Gasteiger partial charge in [0.15, 0.2) is 6.08 Å². The van der Waals surface area contributed by atoms with Crippen LogP contribution in [0.5, 0.6) is 0 Å². The zero-order chi connectivity index (χ0) is 19.8. The first-order valence-corrected chi connectivity index (χ1v) is 9.22. The molecule has 0 saturated carbocycles. The van der Waals surface area contributed by atoms with E-state index in [0.29, 0.717) is 5.56 Å². The van der Waals surface area contributed by atoms with E-state index in [9.17, 15) is 17.6 Å². The van der Waals surface area contributed by atoms with Gasteiger partial charge in [0, 0.05) is 10.6 Å². The fourth-order valence-corrected chi connectivity index (χ4v) is 3.60. The van der Waals surface area contributed by atoms with Crippen LogP contribution in [-0.2, 0) is 29.6 Å². The first-order chi connectivity index (χ1) is 12.6. The molecular formula is C17H13ClFNO5S. The van der Waals surface area contributed by atoms with Crippen LogP contribution in [0.1, 0.15) is 18.6 Å². The molecule has 6 nitrogen and oxygen atoms in total. The number of rotatable bonds is 5. The Hall–Kier alpha value is -2.58. The van der Waals surface area contributed by atoms with Crippen molar-refractivity contribution in [1.82, 2.24) is 0 Å². The van der Waals surface area contributed by atoms with Crippen molar-refractivity contribution < 1.29 is 27.9 Å². The van der Waals surface area contributed by atoms with Crippen molar-refractivity contribution in [1.29, 1.82) is 0 Å². The van der Waals surface area contributed by atoms with Crippen LogP contribution in [0, 0.1) is 5.82 Å². The molecular weight excluding hydrogens is 385 g/mol. The number of Topliss-reactive ketones (excluding diaryl/α,β-unsaturated/α-hetero) is 1.